The van der Waals surface area contributed by atoms with Gasteiger partial charge in [-0.3, -0.25) is 4.90 Å². The Hall–Kier alpha value is -1.14. The Morgan fingerprint density at radius 3 is 2.11 bits per heavy atom. The van der Waals surface area contributed by atoms with Crippen molar-refractivity contribution in [3.05, 3.63) is 35.6 Å². The fourth-order valence-corrected chi connectivity index (χ4v) is 1.76. The highest BCUT2D eigenvalue weighted by Crippen LogP contribution is 2.20. The molecule has 6 heteroatoms. The van der Waals surface area contributed by atoms with Gasteiger partial charge in [-0.1, -0.05) is 12.1 Å². The minimum absolute atomic E-state index is 0.0722. The van der Waals surface area contributed by atoms with E-state index in [-0.39, 0.29) is 12.6 Å². The van der Waals surface area contributed by atoms with Gasteiger partial charge in [0.2, 0.25) is 0 Å². The largest absolute Gasteiger partial charge is 0.401 e. The van der Waals surface area contributed by atoms with Crippen LogP contribution in [0.1, 0.15) is 25.5 Å². The lowest BCUT2D eigenvalue weighted by Gasteiger charge is -2.30. The van der Waals surface area contributed by atoms with Crippen molar-refractivity contribution in [2.75, 3.05) is 13.1 Å². The van der Waals surface area contributed by atoms with Crippen molar-refractivity contribution in [1.29, 1.82) is 0 Å². The van der Waals surface area contributed by atoms with Crippen LogP contribution in [0.25, 0.3) is 0 Å². The van der Waals surface area contributed by atoms with Crippen LogP contribution in [0, 0.1) is 5.82 Å². The number of rotatable bonds is 5. The van der Waals surface area contributed by atoms with E-state index in [1.807, 2.05) is 0 Å². The van der Waals surface area contributed by atoms with E-state index in [9.17, 15) is 17.6 Å². The molecular weight excluding hydrogens is 260 g/mol. The van der Waals surface area contributed by atoms with Gasteiger partial charge in [0.15, 0.2) is 0 Å². The van der Waals surface area contributed by atoms with Crippen LogP contribution in [0.5, 0.6) is 0 Å². The Labute approximate surface area is 110 Å². The molecule has 1 rings (SSSR count). The summed E-state index contributed by atoms with van der Waals surface area (Å²) in [6, 6.07) is 4.63. The number of alkyl halides is 3. The minimum atomic E-state index is -4.26. The fourth-order valence-electron chi connectivity index (χ4n) is 1.76. The summed E-state index contributed by atoms with van der Waals surface area (Å²) in [6.07, 6.45) is -4.26. The Balaban J connectivity index is 2.71. The van der Waals surface area contributed by atoms with Crippen LogP contribution in [0.3, 0.4) is 0 Å². The fraction of sp³-hybridized carbons (Fsp3) is 0.538. The molecule has 0 fully saturated rings. The summed E-state index contributed by atoms with van der Waals surface area (Å²) in [6.45, 7) is 2.44. The zero-order valence-corrected chi connectivity index (χ0v) is 10.9. The topological polar surface area (TPSA) is 29.3 Å². The van der Waals surface area contributed by atoms with Crippen LogP contribution < -0.4 is 5.73 Å². The molecule has 0 aliphatic heterocycles. The summed E-state index contributed by atoms with van der Waals surface area (Å²) in [5, 5.41) is 0. The lowest BCUT2D eigenvalue weighted by molar-refractivity contribution is -0.150. The Morgan fingerprint density at radius 1 is 1.16 bits per heavy atom. The van der Waals surface area contributed by atoms with Gasteiger partial charge in [-0.05, 0) is 31.5 Å². The van der Waals surface area contributed by atoms with Gasteiger partial charge in [0, 0.05) is 18.6 Å². The number of nitrogens with two attached hydrogens (primary N) is 1. The monoisotopic (exact) mass is 278 g/mol. The van der Waals surface area contributed by atoms with Crippen LogP contribution in [0.2, 0.25) is 0 Å². The Morgan fingerprint density at radius 2 is 1.68 bits per heavy atom. The van der Waals surface area contributed by atoms with Crippen molar-refractivity contribution in [1.82, 2.24) is 4.90 Å². The van der Waals surface area contributed by atoms with Crippen molar-refractivity contribution < 1.29 is 17.6 Å². The van der Waals surface area contributed by atoms with E-state index in [1.54, 1.807) is 13.8 Å². The van der Waals surface area contributed by atoms with Gasteiger partial charge in [-0.15, -0.1) is 0 Å². The maximum absolute atomic E-state index is 12.8. The SMILES string of the molecule is CC(C)N(CC(N)c1ccc(F)cc1)CC(F)(F)F. The molecule has 0 spiro atoms. The quantitative estimate of drug-likeness (QED) is 0.839. The molecule has 1 atom stereocenters. The average Bonchev–Trinajstić information content (AvgIpc) is 2.27. The third kappa shape index (κ3) is 5.57. The number of hydrogen-bond acceptors (Lipinski definition) is 2. The van der Waals surface area contributed by atoms with Crippen LogP contribution in [-0.2, 0) is 0 Å². The number of hydrogen-bond donors (Lipinski definition) is 1. The van der Waals surface area contributed by atoms with E-state index >= 15 is 0 Å². The second-order valence-corrected chi connectivity index (χ2v) is 4.80. The number of halogens is 4. The molecule has 2 N–H and O–H groups in total. The summed E-state index contributed by atoms with van der Waals surface area (Å²) in [7, 11) is 0. The molecule has 19 heavy (non-hydrogen) atoms. The maximum atomic E-state index is 12.8. The van der Waals surface area contributed by atoms with Crippen molar-refractivity contribution >= 4 is 0 Å². The molecule has 0 amide bonds. The van der Waals surface area contributed by atoms with Crippen molar-refractivity contribution in [3.63, 3.8) is 0 Å². The molecule has 2 nitrogen and oxygen atoms in total. The Bertz CT molecular complexity index is 387. The molecule has 0 heterocycles. The predicted octanol–water partition coefficient (Wildman–Crippen LogP) is 3.10. The molecule has 0 radical (unpaired) electrons. The number of benzene rings is 1. The van der Waals surface area contributed by atoms with E-state index in [1.165, 1.54) is 29.2 Å². The van der Waals surface area contributed by atoms with Crippen molar-refractivity contribution in [2.24, 2.45) is 5.73 Å². The Kier molecular flexibility index (Phi) is 5.31. The summed E-state index contributed by atoms with van der Waals surface area (Å²) in [5.41, 5.74) is 6.49. The van der Waals surface area contributed by atoms with Crippen LogP contribution in [0.4, 0.5) is 17.6 Å². The summed E-state index contributed by atoms with van der Waals surface area (Å²) in [5.74, 6) is -0.396. The first-order valence-electron chi connectivity index (χ1n) is 6.01. The van der Waals surface area contributed by atoms with E-state index in [2.05, 4.69) is 0 Å². The van der Waals surface area contributed by atoms with Crippen LogP contribution >= 0.6 is 0 Å². The van der Waals surface area contributed by atoms with E-state index in [0.717, 1.165) is 0 Å². The first kappa shape index (κ1) is 15.9. The van der Waals surface area contributed by atoms with Gasteiger partial charge in [0.05, 0.1) is 6.54 Å². The van der Waals surface area contributed by atoms with Gasteiger partial charge < -0.3 is 5.73 Å². The molecule has 0 saturated carbocycles. The molecule has 1 unspecified atom stereocenters. The van der Waals surface area contributed by atoms with Crippen LogP contribution in [-0.4, -0.2) is 30.2 Å². The predicted molar refractivity (Wildman–Crippen MR) is 66.1 cm³/mol. The molecule has 0 aromatic heterocycles. The zero-order valence-electron chi connectivity index (χ0n) is 10.9. The van der Waals surface area contributed by atoms with Crippen molar-refractivity contribution in [2.45, 2.75) is 32.1 Å². The third-order valence-electron chi connectivity index (χ3n) is 2.84. The smallest absolute Gasteiger partial charge is 0.323 e. The first-order valence-corrected chi connectivity index (χ1v) is 6.01. The summed E-state index contributed by atoms with van der Waals surface area (Å²) >= 11 is 0. The van der Waals surface area contributed by atoms with Gasteiger partial charge in [-0.2, -0.15) is 13.2 Å². The van der Waals surface area contributed by atoms with Gasteiger partial charge in [0.25, 0.3) is 0 Å². The van der Waals surface area contributed by atoms with Gasteiger partial charge >= 0.3 is 6.18 Å². The molecule has 0 aliphatic rings. The summed E-state index contributed by atoms with van der Waals surface area (Å²) in [4.78, 5) is 1.26. The van der Waals surface area contributed by atoms with Gasteiger partial charge in [0.1, 0.15) is 5.82 Å². The molecule has 0 bridgehead atoms. The standard InChI is InChI=1S/C13H18F4N2/c1-9(2)19(8-13(15,16)17)7-12(18)10-3-5-11(14)6-4-10/h3-6,9,12H,7-8,18H2,1-2H3. The highest BCUT2D eigenvalue weighted by molar-refractivity contribution is 5.19. The normalized spacial score (nSPS) is 14.2. The van der Waals surface area contributed by atoms with Gasteiger partial charge in [-0.25, -0.2) is 4.39 Å². The lowest BCUT2D eigenvalue weighted by Crippen LogP contribution is -2.42. The third-order valence-corrected chi connectivity index (χ3v) is 2.84. The molecular formula is C13H18F4N2. The molecule has 1 aromatic carbocycles. The molecule has 0 aliphatic carbocycles. The summed E-state index contributed by atoms with van der Waals surface area (Å²) < 4.78 is 50.1. The van der Waals surface area contributed by atoms with E-state index in [0.29, 0.717) is 5.56 Å². The molecule has 1 aromatic rings. The van der Waals surface area contributed by atoms with Crippen LogP contribution in [0.15, 0.2) is 24.3 Å². The highest BCUT2D eigenvalue weighted by Gasteiger charge is 2.32. The average molecular weight is 278 g/mol. The lowest BCUT2D eigenvalue weighted by atomic mass is 10.1. The van der Waals surface area contributed by atoms with E-state index < -0.39 is 24.6 Å². The highest BCUT2D eigenvalue weighted by atomic mass is 19.4. The zero-order chi connectivity index (χ0) is 14.6. The van der Waals surface area contributed by atoms with Crippen molar-refractivity contribution in [3.8, 4) is 0 Å². The minimum Gasteiger partial charge on any atom is -0.323 e. The second kappa shape index (κ2) is 6.34. The molecule has 0 saturated heterocycles. The molecule has 108 valence electrons. The first-order chi connectivity index (χ1) is 8.69. The second-order valence-electron chi connectivity index (χ2n) is 4.80. The maximum Gasteiger partial charge on any atom is 0.401 e. The number of nitrogens with zero attached hydrogens (tertiary/aromatic N) is 1. The van der Waals surface area contributed by atoms with E-state index in [4.69, 9.17) is 5.73 Å².